The van der Waals surface area contributed by atoms with Crippen molar-refractivity contribution in [3.8, 4) is 0 Å². The summed E-state index contributed by atoms with van der Waals surface area (Å²) < 4.78 is 25.4. The third-order valence-corrected chi connectivity index (χ3v) is 7.23. The Balaban J connectivity index is 1.81. The molecule has 0 amide bonds. The maximum Gasteiger partial charge on any atom is 0.180 e. The quantitative estimate of drug-likeness (QED) is 0.683. The van der Waals surface area contributed by atoms with Crippen molar-refractivity contribution >= 4 is 26.6 Å². The summed E-state index contributed by atoms with van der Waals surface area (Å²) in [5, 5.41) is 1.07. The van der Waals surface area contributed by atoms with Crippen molar-refractivity contribution in [2.75, 3.05) is 23.7 Å². The van der Waals surface area contributed by atoms with Crippen LogP contribution >= 0.6 is 0 Å². The first-order valence-electron chi connectivity index (χ1n) is 9.79. The largest absolute Gasteiger partial charge is 0.351 e. The number of nitrogens with zero attached hydrogens (tertiary/aromatic N) is 2. The zero-order valence-electron chi connectivity index (χ0n) is 16.5. The van der Waals surface area contributed by atoms with Gasteiger partial charge in [-0.15, -0.1) is 0 Å². The van der Waals surface area contributed by atoms with Gasteiger partial charge in [-0.1, -0.05) is 29.8 Å². The lowest BCUT2D eigenvalue weighted by molar-refractivity contribution is 0.596. The predicted octanol–water partition coefficient (Wildman–Crippen LogP) is 2.17. The van der Waals surface area contributed by atoms with Gasteiger partial charge in [-0.25, -0.2) is 13.4 Å². The lowest BCUT2D eigenvalue weighted by atomic mass is 10.00. The second kappa shape index (κ2) is 7.74. The first-order chi connectivity index (χ1) is 13.9. The van der Waals surface area contributed by atoms with Crippen molar-refractivity contribution in [2.24, 2.45) is 11.5 Å². The van der Waals surface area contributed by atoms with Crippen molar-refractivity contribution < 1.29 is 8.42 Å². The standard InChI is InChI=1S/C22H26N4O2S/c1-15-6-7-20-19(10-15)17(11-18(24)13-23)12-22(25-20)26-8-9-29(27,28)21-5-3-2-4-16(21)14-26/h2-7,10,12,18H,8-9,11,13-14,23-24H2,1H3. The van der Waals surface area contributed by atoms with Crippen LogP contribution in [0, 0.1) is 6.92 Å². The molecule has 1 aromatic heterocycles. The Kier molecular flexibility index (Phi) is 5.29. The molecule has 6 nitrogen and oxygen atoms in total. The molecule has 2 aromatic carbocycles. The van der Waals surface area contributed by atoms with Crippen LogP contribution in [0.4, 0.5) is 5.82 Å². The van der Waals surface area contributed by atoms with Gasteiger partial charge in [0.05, 0.1) is 16.2 Å². The number of aryl methyl sites for hydroxylation is 1. The molecule has 0 bridgehead atoms. The van der Waals surface area contributed by atoms with Gasteiger partial charge in [0, 0.05) is 31.1 Å². The smallest absolute Gasteiger partial charge is 0.180 e. The highest BCUT2D eigenvalue weighted by Crippen LogP contribution is 2.29. The van der Waals surface area contributed by atoms with E-state index in [0.29, 0.717) is 31.0 Å². The lowest BCUT2D eigenvalue weighted by Gasteiger charge is -2.23. The molecule has 0 radical (unpaired) electrons. The summed E-state index contributed by atoms with van der Waals surface area (Å²) in [5.74, 6) is 0.836. The van der Waals surface area contributed by atoms with Crippen LogP contribution in [0.5, 0.6) is 0 Å². The minimum absolute atomic E-state index is 0.0648. The molecule has 3 aromatic rings. The van der Waals surface area contributed by atoms with Crippen LogP contribution in [0.1, 0.15) is 16.7 Å². The molecule has 0 spiro atoms. The highest BCUT2D eigenvalue weighted by Gasteiger charge is 2.26. The summed E-state index contributed by atoms with van der Waals surface area (Å²) in [6, 6.07) is 15.3. The molecule has 1 aliphatic heterocycles. The molecule has 4 rings (SSSR count). The third-order valence-electron chi connectivity index (χ3n) is 5.44. The fraction of sp³-hybridized carbons (Fsp3) is 0.318. The number of aromatic nitrogens is 1. The van der Waals surface area contributed by atoms with Crippen LogP contribution in [0.15, 0.2) is 53.4 Å². The fourth-order valence-electron chi connectivity index (χ4n) is 3.85. The molecule has 1 unspecified atom stereocenters. The molecule has 1 atom stereocenters. The summed E-state index contributed by atoms with van der Waals surface area (Å²) in [7, 11) is -3.31. The van der Waals surface area contributed by atoms with Gasteiger partial charge in [0.25, 0.3) is 0 Å². The van der Waals surface area contributed by atoms with Crippen LogP contribution in [0.2, 0.25) is 0 Å². The summed E-state index contributed by atoms with van der Waals surface area (Å²) in [4.78, 5) is 7.32. The summed E-state index contributed by atoms with van der Waals surface area (Å²) in [6.45, 7) is 3.35. The van der Waals surface area contributed by atoms with Gasteiger partial charge < -0.3 is 16.4 Å². The Labute approximate surface area is 171 Å². The van der Waals surface area contributed by atoms with E-state index >= 15 is 0 Å². The van der Waals surface area contributed by atoms with E-state index in [1.54, 1.807) is 12.1 Å². The fourth-order valence-corrected chi connectivity index (χ4v) is 5.35. The van der Waals surface area contributed by atoms with Crippen LogP contribution < -0.4 is 16.4 Å². The van der Waals surface area contributed by atoms with Crippen LogP contribution in [-0.2, 0) is 22.8 Å². The van der Waals surface area contributed by atoms with Crippen molar-refractivity contribution in [3.05, 3.63) is 65.2 Å². The minimum Gasteiger partial charge on any atom is -0.351 e. The predicted molar refractivity (Wildman–Crippen MR) is 117 cm³/mol. The summed E-state index contributed by atoms with van der Waals surface area (Å²) >= 11 is 0. The SMILES string of the molecule is Cc1ccc2nc(N3CCS(=O)(=O)c4ccccc4C3)cc(CC(N)CN)c2c1. The summed E-state index contributed by atoms with van der Waals surface area (Å²) in [5.41, 5.74) is 15.8. The number of hydrogen-bond acceptors (Lipinski definition) is 6. The average Bonchev–Trinajstić information content (AvgIpc) is 2.84. The summed E-state index contributed by atoms with van der Waals surface area (Å²) in [6.07, 6.45) is 0.648. The first kappa shape index (κ1) is 19.8. The van der Waals surface area contributed by atoms with Gasteiger partial charge in [0.1, 0.15) is 5.82 Å². The van der Waals surface area contributed by atoms with Crippen molar-refractivity contribution in [3.63, 3.8) is 0 Å². The lowest BCUT2D eigenvalue weighted by Crippen LogP contribution is -2.32. The maximum absolute atomic E-state index is 12.7. The Bertz CT molecular complexity index is 1160. The number of benzene rings is 2. The van der Waals surface area contributed by atoms with Gasteiger partial charge >= 0.3 is 0 Å². The average molecular weight is 411 g/mol. The molecule has 0 aliphatic carbocycles. The molecular formula is C22H26N4O2S. The van der Waals surface area contributed by atoms with Crippen molar-refractivity contribution in [1.82, 2.24) is 4.98 Å². The second-order valence-corrected chi connectivity index (χ2v) is 9.79. The van der Waals surface area contributed by atoms with E-state index in [-0.39, 0.29) is 11.8 Å². The van der Waals surface area contributed by atoms with E-state index in [1.165, 1.54) is 0 Å². The van der Waals surface area contributed by atoms with Gasteiger partial charge in [-0.05, 0) is 48.7 Å². The molecule has 0 saturated carbocycles. The van der Waals surface area contributed by atoms with E-state index in [0.717, 1.165) is 33.4 Å². The maximum atomic E-state index is 12.7. The van der Waals surface area contributed by atoms with Crippen LogP contribution in [0.3, 0.4) is 0 Å². The minimum atomic E-state index is -3.31. The van der Waals surface area contributed by atoms with Crippen LogP contribution in [-0.4, -0.2) is 38.3 Å². The van der Waals surface area contributed by atoms with Crippen molar-refractivity contribution in [1.29, 1.82) is 0 Å². The second-order valence-electron chi connectivity index (χ2n) is 7.71. The number of fused-ring (bicyclic) bond motifs is 2. The molecule has 2 heterocycles. The number of nitrogens with two attached hydrogens (primary N) is 2. The molecule has 29 heavy (non-hydrogen) atoms. The zero-order chi connectivity index (χ0) is 20.6. The van der Waals surface area contributed by atoms with Crippen molar-refractivity contribution in [2.45, 2.75) is 30.8 Å². The zero-order valence-corrected chi connectivity index (χ0v) is 17.3. The molecule has 1 aliphatic rings. The molecule has 0 fully saturated rings. The molecule has 7 heteroatoms. The highest BCUT2D eigenvalue weighted by molar-refractivity contribution is 7.91. The number of rotatable bonds is 4. The number of anilines is 1. The third kappa shape index (κ3) is 3.99. The van der Waals surface area contributed by atoms with Gasteiger partial charge in [0.2, 0.25) is 0 Å². The Hall–Kier alpha value is -2.48. The van der Waals surface area contributed by atoms with Crippen LogP contribution in [0.25, 0.3) is 10.9 Å². The topological polar surface area (TPSA) is 102 Å². The number of pyridine rings is 1. The van der Waals surface area contributed by atoms with E-state index in [9.17, 15) is 8.42 Å². The Morgan fingerprint density at radius 2 is 1.97 bits per heavy atom. The Morgan fingerprint density at radius 3 is 2.76 bits per heavy atom. The van der Waals surface area contributed by atoms with Gasteiger partial charge in [-0.2, -0.15) is 0 Å². The molecule has 4 N–H and O–H groups in total. The Morgan fingerprint density at radius 1 is 1.17 bits per heavy atom. The van der Waals surface area contributed by atoms with E-state index in [2.05, 4.69) is 13.0 Å². The molecule has 152 valence electrons. The monoisotopic (exact) mass is 410 g/mol. The highest BCUT2D eigenvalue weighted by atomic mass is 32.2. The molecule has 0 saturated heterocycles. The molecular weight excluding hydrogens is 384 g/mol. The first-order valence-corrected chi connectivity index (χ1v) is 11.4. The number of hydrogen-bond donors (Lipinski definition) is 2. The van der Waals surface area contributed by atoms with E-state index < -0.39 is 9.84 Å². The van der Waals surface area contributed by atoms with E-state index in [1.807, 2.05) is 35.2 Å². The van der Waals surface area contributed by atoms with Gasteiger partial charge in [0.15, 0.2) is 9.84 Å². The van der Waals surface area contributed by atoms with E-state index in [4.69, 9.17) is 16.5 Å². The number of sulfone groups is 1. The normalized spacial score (nSPS) is 17.0. The van der Waals surface area contributed by atoms with Gasteiger partial charge in [-0.3, -0.25) is 0 Å².